The van der Waals surface area contributed by atoms with Gasteiger partial charge in [0.25, 0.3) is 11.8 Å². The molecule has 2 N–H and O–H groups in total. The van der Waals surface area contributed by atoms with Crippen molar-refractivity contribution in [2.75, 3.05) is 16.8 Å². The van der Waals surface area contributed by atoms with Crippen molar-refractivity contribution < 1.29 is 18.8 Å². The van der Waals surface area contributed by atoms with Crippen LogP contribution in [0.1, 0.15) is 5.56 Å². The van der Waals surface area contributed by atoms with Crippen molar-refractivity contribution in [1.82, 2.24) is 5.32 Å². The number of para-hydroxylation sites is 1. The highest BCUT2D eigenvalue weighted by molar-refractivity contribution is 8.27. The topological polar surface area (TPSA) is 78.5 Å². The van der Waals surface area contributed by atoms with Crippen molar-refractivity contribution in [3.05, 3.63) is 64.8 Å². The molecule has 0 saturated carbocycles. The molecule has 140 valence electrons. The van der Waals surface area contributed by atoms with Gasteiger partial charge in [-0.3, -0.25) is 19.3 Å². The van der Waals surface area contributed by atoms with Crippen LogP contribution in [0.25, 0.3) is 5.57 Å². The van der Waals surface area contributed by atoms with Crippen LogP contribution in [-0.4, -0.2) is 28.6 Å². The van der Waals surface area contributed by atoms with E-state index in [1.54, 1.807) is 24.3 Å². The van der Waals surface area contributed by atoms with Gasteiger partial charge in [0, 0.05) is 11.3 Å². The molecule has 0 aliphatic carbocycles. The number of hydrogen-bond donors (Lipinski definition) is 2. The van der Waals surface area contributed by atoms with Crippen molar-refractivity contribution in [1.29, 1.82) is 0 Å². The van der Waals surface area contributed by atoms with E-state index in [0.717, 1.165) is 11.8 Å². The Morgan fingerprint density at radius 3 is 2.54 bits per heavy atom. The first-order valence-electron chi connectivity index (χ1n) is 8.18. The molecular weight excluding hydrogens is 401 g/mol. The number of amides is 3. The summed E-state index contributed by atoms with van der Waals surface area (Å²) >= 11 is 6.04. The minimum absolute atomic E-state index is 0.226. The summed E-state index contributed by atoms with van der Waals surface area (Å²) in [5, 5.41) is 5.13. The van der Waals surface area contributed by atoms with E-state index in [2.05, 4.69) is 10.6 Å². The lowest BCUT2D eigenvalue weighted by molar-refractivity contribution is -0.118. The third kappa shape index (κ3) is 3.30. The molecule has 9 heteroatoms. The molecular formula is C19H12FN3O3S2. The number of benzene rings is 2. The third-order valence-corrected chi connectivity index (χ3v) is 5.43. The molecule has 2 aliphatic rings. The van der Waals surface area contributed by atoms with Crippen molar-refractivity contribution in [2.24, 2.45) is 0 Å². The first-order chi connectivity index (χ1) is 13.4. The molecule has 2 aliphatic heterocycles. The van der Waals surface area contributed by atoms with Crippen LogP contribution >= 0.6 is 24.0 Å². The maximum absolute atomic E-state index is 13.0. The standard InChI is InChI=1S/C19H12FN3O3S2/c20-10-5-7-11(8-6-10)21-14(24)9-23-13-4-2-1-3-12(13)15(18(23)26)16-17(25)22-19(27)28-16/h1-8H,9H2,(H,21,24)(H,22,25,27)/b16-15-. The Bertz CT molecular complexity index is 1070. The summed E-state index contributed by atoms with van der Waals surface area (Å²) in [5.41, 5.74) is 1.76. The lowest BCUT2D eigenvalue weighted by atomic mass is 10.1. The Morgan fingerprint density at radius 2 is 1.86 bits per heavy atom. The number of carbonyl (C=O) groups excluding carboxylic acids is 3. The first kappa shape index (κ1) is 18.3. The molecule has 1 fully saturated rings. The molecule has 4 rings (SSSR count). The van der Waals surface area contributed by atoms with Crippen LogP contribution in [0.3, 0.4) is 0 Å². The zero-order valence-electron chi connectivity index (χ0n) is 14.2. The molecule has 0 radical (unpaired) electrons. The van der Waals surface area contributed by atoms with Gasteiger partial charge in [0.1, 0.15) is 16.7 Å². The summed E-state index contributed by atoms with van der Waals surface area (Å²) in [5.74, 6) is -1.73. The van der Waals surface area contributed by atoms with Crippen molar-refractivity contribution in [2.45, 2.75) is 0 Å². The van der Waals surface area contributed by atoms with Gasteiger partial charge >= 0.3 is 0 Å². The van der Waals surface area contributed by atoms with E-state index in [9.17, 15) is 18.8 Å². The fraction of sp³-hybridized carbons (Fsp3) is 0.0526. The van der Waals surface area contributed by atoms with Gasteiger partial charge in [0.2, 0.25) is 5.91 Å². The molecule has 0 unspecified atom stereocenters. The van der Waals surface area contributed by atoms with Gasteiger partial charge < -0.3 is 10.6 Å². The molecule has 0 atom stereocenters. The number of thiocarbonyl (C=S) groups is 1. The molecule has 2 aromatic rings. The maximum Gasteiger partial charge on any atom is 0.264 e. The normalized spacial score (nSPS) is 18.3. The molecule has 0 aromatic heterocycles. The highest BCUT2D eigenvalue weighted by Gasteiger charge is 2.39. The summed E-state index contributed by atoms with van der Waals surface area (Å²) in [4.78, 5) is 39.2. The number of halogens is 1. The minimum atomic E-state index is -0.446. The SMILES string of the molecule is O=C(CN1C(=O)/C(=C2\SC(=S)NC2=O)c2ccccc21)Nc1ccc(F)cc1. The van der Waals surface area contributed by atoms with Gasteiger partial charge in [-0.05, 0) is 30.3 Å². The van der Waals surface area contributed by atoms with E-state index in [1.807, 2.05) is 0 Å². The fourth-order valence-corrected chi connectivity index (χ4v) is 4.13. The van der Waals surface area contributed by atoms with Gasteiger partial charge in [0.15, 0.2) is 0 Å². The van der Waals surface area contributed by atoms with Crippen LogP contribution in [0.15, 0.2) is 53.4 Å². The van der Waals surface area contributed by atoms with Crippen LogP contribution in [-0.2, 0) is 14.4 Å². The number of thioether (sulfide) groups is 1. The fourth-order valence-electron chi connectivity index (χ4n) is 3.01. The summed E-state index contributed by atoms with van der Waals surface area (Å²) in [6.45, 7) is -0.249. The van der Waals surface area contributed by atoms with Crippen LogP contribution in [0, 0.1) is 5.82 Å². The highest BCUT2D eigenvalue weighted by Crippen LogP contribution is 2.42. The van der Waals surface area contributed by atoms with Gasteiger partial charge in [-0.1, -0.05) is 42.2 Å². The number of nitrogens with one attached hydrogen (secondary N) is 2. The van der Waals surface area contributed by atoms with E-state index in [1.165, 1.54) is 29.2 Å². The van der Waals surface area contributed by atoms with Gasteiger partial charge in [0.05, 0.1) is 16.2 Å². The average Bonchev–Trinajstić information content (AvgIpc) is 3.13. The monoisotopic (exact) mass is 413 g/mol. The van der Waals surface area contributed by atoms with Gasteiger partial charge in [-0.2, -0.15) is 0 Å². The van der Waals surface area contributed by atoms with Crippen molar-refractivity contribution in [3.63, 3.8) is 0 Å². The molecule has 2 heterocycles. The van der Waals surface area contributed by atoms with Crippen LogP contribution in [0.5, 0.6) is 0 Å². The molecule has 6 nitrogen and oxygen atoms in total. The molecule has 0 bridgehead atoms. The Hall–Kier alpha value is -3.04. The molecule has 0 spiro atoms. The van der Waals surface area contributed by atoms with Crippen LogP contribution < -0.4 is 15.5 Å². The quantitative estimate of drug-likeness (QED) is 0.598. The lowest BCUT2D eigenvalue weighted by Crippen LogP contribution is -2.35. The van der Waals surface area contributed by atoms with Crippen LogP contribution in [0.2, 0.25) is 0 Å². The van der Waals surface area contributed by atoms with Gasteiger partial charge in [-0.15, -0.1) is 0 Å². The molecule has 3 amide bonds. The highest BCUT2D eigenvalue weighted by atomic mass is 32.2. The number of rotatable bonds is 3. The predicted molar refractivity (Wildman–Crippen MR) is 109 cm³/mol. The molecule has 28 heavy (non-hydrogen) atoms. The van der Waals surface area contributed by atoms with E-state index >= 15 is 0 Å². The summed E-state index contributed by atoms with van der Waals surface area (Å²) in [6.07, 6.45) is 0. The second-order valence-corrected chi connectivity index (χ2v) is 7.70. The zero-order chi connectivity index (χ0) is 19.8. The molecule has 2 aromatic carbocycles. The number of fused-ring (bicyclic) bond motifs is 1. The Balaban J connectivity index is 1.63. The van der Waals surface area contributed by atoms with Gasteiger partial charge in [-0.25, -0.2) is 4.39 Å². The lowest BCUT2D eigenvalue weighted by Gasteiger charge is -2.16. The van der Waals surface area contributed by atoms with E-state index in [0.29, 0.717) is 16.9 Å². The zero-order valence-corrected chi connectivity index (χ0v) is 15.8. The number of nitrogens with zero attached hydrogens (tertiary/aromatic N) is 1. The maximum atomic E-state index is 13.0. The largest absolute Gasteiger partial charge is 0.325 e. The smallest absolute Gasteiger partial charge is 0.264 e. The Labute approximate surface area is 168 Å². The van der Waals surface area contributed by atoms with Crippen LogP contribution in [0.4, 0.5) is 15.8 Å². The second kappa shape index (κ2) is 7.17. The number of carbonyl (C=O) groups is 3. The first-order valence-corrected chi connectivity index (χ1v) is 9.40. The van der Waals surface area contributed by atoms with Crippen molar-refractivity contribution >= 4 is 63.0 Å². The Morgan fingerprint density at radius 1 is 1.14 bits per heavy atom. The Kier molecular flexibility index (Phi) is 4.70. The summed E-state index contributed by atoms with van der Waals surface area (Å²) in [7, 11) is 0. The summed E-state index contributed by atoms with van der Waals surface area (Å²) in [6, 6.07) is 12.3. The molecule has 1 saturated heterocycles. The average molecular weight is 413 g/mol. The van der Waals surface area contributed by atoms with E-state index in [4.69, 9.17) is 12.2 Å². The van der Waals surface area contributed by atoms with E-state index < -0.39 is 23.5 Å². The van der Waals surface area contributed by atoms with E-state index in [-0.39, 0.29) is 21.3 Å². The number of hydrogen-bond acceptors (Lipinski definition) is 5. The second-order valence-electron chi connectivity index (χ2n) is 6.01. The third-order valence-electron chi connectivity index (χ3n) is 4.20. The predicted octanol–water partition coefficient (Wildman–Crippen LogP) is 2.67. The minimum Gasteiger partial charge on any atom is -0.325 e. The number of anilines is 2. The van der Waals surface area contributed by atoms with Crippen molar-refractivity contribution in [3.8, 4) is 0 Å². The summed E-state index contributed by atoms with van der Waals surface area (Å²) < 4.78 is 13.3.